The zero-order valence-corrected chi connectivity index (χ0v) is 20.7. The van der Waals surface area contributed by atoms with Gasteiger partial charge in [0.05, 0.1) is 11.7 Å². The van der Waals surface area contributed by atoms with Crippen molar-refractivity contribution in [2.24, 2.45) is 29.6 Å². The third kappa shape index (κ3) is 14.4. The molecular weight excluding hydrogens is 362 g/mol. The Morgan fingerprint density at radius 3 is 1.62 bits per heavy atom. The summed E-state index contributed by atoms with van der Waals surface area (Å²) < 4.78 is 0. The molecule has 0 radical (unpaired) electrons. The SMILES string of the molecule is CC(C)C1CNCC1O.CC(C)CC1(O)CNC1.CC1CCNC1.CCC(C)C. The molecule has 0 aromatic heterocycles. The summed E-state index contributed by atoms with van der Waals surface area (Å²) >= 11 is 0. The molecule has 0 aromatic carbocycles. The molecule has 5 nitrogen and oxygen atoms in total. The molecule has 3 unspecified atom stereocenters. The van der Waals surface area contributed by atoms with Gasteiger partial charge in [-0.05, 0) is 49.6 Å². The lowest BCUT2D eigenvalue weighted by atomic mass is 9.87. The summed E-state index contributed by atoms with van der Waals surface area (Å²) in [5.74, 6) is 3.51. The number of aliphatic hydroxyl groups is 2. The average Bonchev–Trinajstić information content (AvgIpc) is 3.25. The maximum atomic E-state index is 9.52. The van der Waals surface area contributed by atoms with Gasteiger partial charge >= 0.3 is 0 Å². The van der Waals surface area contributed by atoms with Crippen molar-refractivity contribution in [1.29, 1.82) is 0 Å². The van der Waals surface area contributed by atoms with Gasteiger partial charge < -0.3 is 26.2 Å². The van der Waals surface area contributed by atoms with Crippen LogP contribution in [0.25, 0.3) is 0 Å². The smallest absolute Gasteiger partial charge is 0.0897 e. The molecule has 29 heavy (non-hydrogen) atoms. The third-order valence-corrected chi connectivity index (χ3v) is 5.90. The fourth-order valence-electron chi connectivity index (χ4n) is 3.48. The molecule has 3 heterocycles. The van der Waals surface area contributed by atoms with E-state index in [1.54, 1.807) is 0 Å². The zero-order chi connectivity index (χ0) is 22.4. The van der Waals surface area contributed by atoms with Crippen molar-refractivity contribution in [1.82, 2.24) is 16.0 Å². The van der Waals surface area contributed by atoms with Gasteiger partial charge in [-0.15, -0.1) is 0 Å². The van der Waals surface area contributed by atoms with Gasteiger partial charge in [0.15, 0.2) is 0 Å². The minimum Gasteiger partial charge on any atom is -0.391 e. The number of aliphatic hydroxyl groups excluding tert-OH is 1. The molecule has 0 amide bonds. The first-order valence-electron chi connectivity index (χ1n) is 12.0. The highest BCUT2D eigenvalue weighted by molar-refractivity contribution is 4.92. The van der Waals surface area contributed by atoms with E-state index in [9.17, 15) is 10.2 Å². The van der Waals surface area contributed by atoms with Crippen molar-refractivity contribution in [3.8, 4) is 0 Å². The molecule has 0 aromatic rings. The van der Waals surface area contributed by atoms with Crippen LogP contribution in [0.2, 0.25) is 0 Å². The van der Waals surface area contributed by atoms with Crippen molar-refractivity contribution in [2.45, 2.75) is 86.4 Å². The van der Waals surface area contributed by atoms with Crippen LogP contribution in [0.3, 0.4) is 0 Å². The molecular formula is C24H53N3O2. The van der Waals surface area contributed by atoms with Gasteiger partial charge in [0.1, 0.15) is 0 Å². The highest BCUT2D eigenvalue weighted by atomic mass is 16.3. The Morgan fingerprint density at radius 1 is 0.897 bits per heavy atom. The van der Waals surface area contributed by atoms with Crippen LogP contribution in [0.4, 0.5) is 0 Å². The molecule has 0 spiro atoms. The predicted molar refractivity (Wildman–Crippen MR) is 126 cm³/mol. The van der Waals surface area contributed by atoms with Gasteiger partial charge in [0.25, 0.3) is 0 Å². The highest BCUT2D eigenvalue weighted by Gasteiger charge is 2.34. The number of hydrogen-bond acceptors (Lipinski definition) is 5. The molecule has 3 fully saturated rings. The summed E-state index contributed by atoms with van der Waals surface area (Å²) in [5.41, 5.74) is -0.367. The first-order valence-corrected chi connectivity index (χ1v) is 12.0. The van der Waals surface area contributed by atoms with Crippen LogP contribution in [-0.4, -0.2) is 61.2 Å². The van der Waals surface area contributed by atoms with Gasteiger partial charge in [-0.25, -0.2) is 0 Å². The Labute approximate surface area is 181 Å². The van der Waals surface area contributed by atoms with Gasteiger partial charge in [0.2, 0.25) is 0 Å². The van der Waals surface area contributed by atoms with Crippen LogP contribution in [0.5, 0.6) is 0 Å². The summed E-state index contributed by atoms with van der Waals surface area (Å²) in [6.45, 7) is 23.3. The summed E-state index contributed by atoms with van der Waals surface area (Å²) in [6.07, 6.45) is 3.50. The molecule has 3 saturated heterocycles. The van der Waals surface area contributed by atoms with E-state index in [1.165, 1.54) is 25.9 Å². The molecule has 3 atom stereocenters. The lowest BCUT2D eigenvalue weighted by Gasteiger charge is -2.38. The molecule has 0 bridgehead atoms. The van der Waals surface area contributed by atoms with Crippen molar-refractivity contribution < 1.29 is 10.2 Å². The third-order valence-electron chi connectivity index (χ3n) is 5.90. The van der Waals surface area contributed by atoms with E-state index in [-0.39, 0.29) is 11.7 Å². The van der Waals surface area contributed by atoms with Crippen molar-refractivity contribution in [3.05, 3.63) is 0 Å². The summed E-state index contributed by atoms with van der Waals surface area (Å²) in [7, 11) is 0. The Hall–Kier alpha value is -0.200. The van der Waals surface area contributed by atoms with E-state index in [4.69, 9.17) is 0 Å². The Morgan fingerprint density at radius 2 is 1.48 bits per heavy atom. The van der Waals surface area contributed by atoms with Gasteiger partial charge in [-0.1, -0.05) is 61.8 Å². The first kappa shape index (κ1) is 28.8. The number of nitrogens with one attached hydrogen (secondary N) is 3. The van der Waals surface area contributed by atoms with Crippen LogP contribution in [0.15, 0.2) is 0 Å². The topological polar surface area (TPSA) is 76.5 Å². The predicted octanol–water partition coefficient (Wildman–Crippen LogP) is 3.26. The maximum absolute atomic E-state index is 9.52. The summed E-state index contributed by atoms with van der Waals surface area (Å²) in [6, 6.07) is 0. The summed E-state index contributed by atoms with van der Waals surface area (Å²) in [4.78, 5) is 0. The van der Waals surface area contributed by atoms with E-state index in [1.807, 2.05) is 0 Å². The van der Waals surface area contributed by atoms with E-state index < -0.39 is 0 Å². The van der Waals surface area contributed by atoms with Crippen LogP contribution in [0, 0.1) is 29.6 Å². The average molecular weight is 416 g/mol. The largest absolute Gasteiger partial charge is 0.391 e. The van der Waals surface area contributed by atoms with Crippen LogP contribution in [-0.2, 0) is 0 Å². The van der Waals surface area contributed by atoms with E-state index in [0.29, 0.717) is 17.8 Å². The number of hydrogen-bond donors (Lipinski definition) is 5. The minimum absolute atomic E-state index is 0.106. The van der Waals surface area contributed by atoms with Crippen molar-refractivity contribution in [2.75, 3.05) is 39.3 Å². The Bertz CT molecular complexity index is 378. The van der Waals surface area contributed by atoms with Crippen LogP contribution >= 0.6 is 0 Å². The molecule has 176 valence electrons. The molecule has 3 rings (SSSR count). The second-order valence-corrected chi connectivity index (χ2v) is 10.5. The fourth-order valence-corrected chi connectivity index (χ4v) is 3.48. The van der Waals surface area contributed by atoms with E-state index >= 15 is 0 Å². The summed E-state index contributed by atoms with van der Waals surface area (Å²) in [5, 5.41) is 28.3. The monoisotopic (exact) mass is 415 g/mol. The van der Waals surface area contributed by atoms with Crippen molar-refractivity contribution >= 4 is 0 Å². The zero-order valence-electron chi connectivity index (χ0n) is 20.7. The van der Waals surface area contributed by atoms with E-state index in [2.05, 4.69) is 71.3 Å². The standard InChI is InChI=1S/2C7H15NO.C5H11N.C5H12/c1-6(2)3-7(9)4-8-5-7;1-5(2)6-3-8-4-7(6)9;1-5-2-3-6-4-5;1-4-5(2)3/h6,8-9H,3-5H2,1-2H3;5-9H,3-4H2,1-2H3;5-6H,2-4H2,1H3;5H,4H2,1-3H3. The quantitative estimate of drug-likeness (QED) is 0.487. The van der Waals surface area contributed by atoms with Gasteiger partial charge in [-0.3, -0.25) is 0 Å². The van der Waals surface area contributed by atoms with E-state index in [0.717, 1.165) is 44.4 Å². The van der Waals surface area contributed by atoms with Crippen molar-refractivity contribution in [3.63, 3.8) is 0 Å². The molecule has 5 N–H and O–H groups in total. The molecule has 0 saturated carbocycles. The Kier molecular flexibility index (Phi) is 15.5. The van der Waals surface area contributed by atoms with Gasteiger partial charge in [-0.2, -0.15) is 0 Å². The second-order valence-electron chi connectivity index (χ2n) is 10.5. The minimum atomic E-state index is -0.367. The number of rotatable bonds is 4. The normalized spacial score (nSPS) is 27.4. The molecule has 3 aliphatic rings. The second kappa shape index (κ2) is 15.6. The molecule has 3 aliphatic heterocycles. The van der Waals surface area contributed by atoms with Crippen LogP contribution < -0.4 is 16.0 Å². The fraction of sp³-hybridized carbons (Fsp3) is 1.00. The lowest BCUT2D eigenvalue weighted by molar-refractivity contribution is -0.0268. The highest BCUT2D eigenvalue weighted by Crippen LogP contribution is 2.20. The lowest BCUT2D eigenvalue weighted by Crippen LogP contribution is -2.59. The molecule has 5 heteroatoms. The van der Waals surface area contributed by atoms with Crippen LogP contribution in [0.1, 0.15) is 74.7 Å². The van der Waals surface area contributed by atoms with Gasteiger partial charge in [0, 0.05) is 32.1 Å². The molecule has 0 aliphatic carbocycles. The Balaban J connectivity index is 0.000000372. The number of β-amino-alcohol motifs (C(OH)–C–C–N with tert-alkyl or cyclic N) is 2. The maximum Gasteiger partial charge on any atom is 0.0897 e. The first-order chi connectivity index (χ1) is 13.5.